The fourth-order valence-corrected chi connectivity index (χ4v) is 2.76. The van der Waals surface area contributed by atoms with Crippen LogP contribution in [-0.4, -0.2) is 26.3 Å². The Bertz CT molecular complexity index is 478. The van der Waals surface area contributed by atoms with Crippen molar-refractivity contribution in [1.82, 2.24) is 5.32 Å². The lowest BCUT2D eigenvalue weighted by Gasteiger charge is -2.30. The summed E-state index contributed by atoms with van der Waals surface area (Å²) in [6, 6.07) is 4.05. The van der Waals surface area contributed by atoms with Crippen LogP contribution in [0.3, 0.4) is 0 Å². The summed E-state index contributed by atoms with van der Waals surface area (Å²) in [5, 5.41) is 3.54. The van der Waals surface area contributed by atoms with E-state index in [0.29, 0.717) is 0 Å². The molecule has 21 heavy (non-hydrogen) atoms. The Kier molecular flexibility index (Phi) is 6.11. The molecule has 0 heterocycles. The van der Waals surface area contributed by atoms with Crippen molar-refractivity contribution in [2.75, 3.05) is 20.8 Å². The van der Waals surface area contributed by atoms with E-state index in [0.717, 1.165) is 28.9 Å². The molecule has 120 valence electrons. The van der Waals surface area contributed by atoms with Gasteiger partial charge in [-0.3, -0.25) is 0 Å². The van der Waals surface area contributed by atoms with Gasteiger partial charge in [0.1, 0.15) is 11.5 Å². The van der Waals surface area contributed by atoms with Gasteiger partial charge in [0.15, 0.2) is 0 Å². The Balaban J connectivity index is 3.00. The predicted octanol–water partition coefficient (Wildman–Crippen LogP) is 4.52. The van der Waals surface area contributed by atoms with E-state index >= 15 is 0 Å². The van der Waals surface area contributed by atoms with E-state index in [9.17, 15) is 0 Å². The summed E-state index contributed by atoms with van der Waals surface area (Å²) in [5.74, 6) is 1.73. The standard InChI is InChI=1S/C17H28BrNO2/c1-16(2,3)19-9-8-17(4,5)12-10-15(21-7)13(18)11-14(12)20-6/h10-11,19H,8-9H2,1-7H3. The molecule has 0 amide bonds. The Morgan fingerprint density at radius 2 is 1.57 bits per heavy atom. The maximum Gasteiger partial charge on any atom is 0.133 e. The van der Waals surface area contributed by atoms with Crippen LogP contribution < -0.4 is 14.8 Å². The summed E-state index contributed by atoms with van der Waals surface area (Å²) in [4.78, 5) is 0. The summed E-state index contributed by atoms with van der Waals surface area (Å²) in [7, 11) is 3.39. The molecule has 0 bridgehead atoms. The zero-order valence-electron chi connectivity index (χ0n) is 14.3. The van der Waals surface area contributed by atoms with Crippen molar-refractivity contribution in [3.05, 3.63) is 22.2 Å². The fourth-order valence-electron chi connectivity index (χ4n) is 2.27. The van der Waals surface area contributed by atoms with Crippen LogP contribution in [0.25, 0.3) is 0 Å². The third-order valence-corrected chi connectivity index (χ3v) is 4.23. The van der Waals surface area contributed by atoms with Crippen molar-refractivity contribution in [3.63, 3.8) is 0 Å². The molecule has 0 unspecified atom stereocenters. The molecule has 0 spiro atoms. The minimum absolute atomic E-state index is 0.00241. The zero-order valence-corrected chi connectivity index (χ0v) is 15.8. The number of ether oxygens (including phenoxy) is 2. The van der Waals surface area contributed by atoms with E-state index in [1.807, 2.05) is 6.07 Å². The minimum atomic E-state index is -0.00241. The van der Waals surface area contributed by atoms with Crippen molar-refractivity contribution < 1.29 is 9.47 Å². The highest BCUT2D eigenvalue weighted by Gasteiger charge is 2.26. The van der Waals surface area contributed by atoms with Gasteiger partial charge in [0, 0.05) is 11.1 Å². The van der Waals surface area contributed by atoms with Gasteiger partial charge >= 0.3 is 0 Å². The minimum Gasteiger partial charge on any atom is -0.496 e. The van der Waals surface area contributed by atoms with Gasteiger partial charge in [-0.2, -0.15) is 0 Å². The number of halogens is 1. The maximum atomic E-state index is 5.55. The first-order valence-electron chi connectivity index (χ1n) is 7.28. The predicted molar refractivity (Wildman–Crippen MR) is 92.6 cm³/mol. The number of hydrogen-bond acceptors (Lipinski definition) is 3. The Morgan fingerprint density at radius 3 is 2.05 bits per heavy atom. The summed E-state index contributed by atoms with van der Waals surface area (Å²) in [5.41, 5.74) is 1.30. The molecule has 1 aromatic rings. The number of benzene rings is 1. The highest BCUT2D eigenvalue weighted by molar-refractivity contribution is 9.10. The van der Waals surface area contributed by atoms with Crippen molar-refractivity contribution in [2.24, 2.45) is 0 Å². The molecule has 1 N–H and O–H groups in total. The van der Waals surface area contributed by atoms with Gasteiger partial charge in [0.2, 0.25) is 0 Å². The average Bonchev–Trinajstić information content (AvgIpc) is 2.36. The van der Waals surface area contributed by atoms with Crippen LogP contribution in [0.15, 0.2) is 16.6 Å². The maximum absolute atomic E-state index is 5.55. The van der Waals surface area contributed by atoms with Gasteiger partial charge in [0.05, 0.1) is 18.7 Å². The molecule has 0 saturated heterocycles. The molecule has 4 heteroatoms. The zero-order chi connectivity index (χ0) is 16.3. The van der Waals surface area contributed by atoms with E-state index in [1.54, 1.807) is 14.2 Å². The summed E-state index contributed by atoms with van der Waals surface area (Å²) in [6.45, 7) is 12.0. The van der Waals surface area contributed by atoms with Crippen LogP contribution in [0.1, 0.15) is 46.6 Å². The second kappa shape index (κ2) is 7.01. The first-order valence-corrected chi connectivity index (χ1v) is 8.07. The van der Waals surface area contributed by atoms with Gasteiger partial charge < -0.3 is 14.8 Å². The number of hydrogen-bond donors (Lipinski definition) is 1. The average molecular weight is 358 g/mol. The molecule has 3 nitrogen and oxygen atoms in total. The molecule has 0 aliphatic carbocycles. The molecule has 0 saturated carbocycles. The van der Waals surface area contributed by atoms with Crippen LogP contribution in [0, 0.1) is 0 Å². The van der Waals surface area contributed by atoms with Crippen LogP contribution in [0.5, 0.6) is 11.5 Å². The molecule has 0 aromatic heterocycles. The lowest BCUT2D eigenvalue weighted by atomic mass is 9.80. The van der Waals surface area contributed by atoms with Crippen molar-refractivity contribution in [1.29, 1.82) is 0 Å². The smallest absolute Gasteiger partial charge is 0.133 e. The SMILES string of the molecule is COc1cc(C(C)(C)CCNC(C)(C)C)c(OC)cc1Br. The molecule has 0 aliphatic rings. The van der Waals surface area contributed by atoms with Gasteiger partial charge in [-0.25, -0.2) is 0 Å². The Morgan fingerprint density at radius 1 is 1.00 bits per heavy atom. The highest BCUT2D eigenvalue weighted by atomic mass is 79.9. The lowest BCUT2D eigenvalue weighted by Crippen LogP contribution is -2.38. The molecular formula is C17H28BrNO2. The molecular weight excluding hydrogens is 330 g/mol. The Hall–Kier alpha value is -0.740. The first kappa shape index (κ1) is 18.3. The van der Waals surface area contributed by atoms with E-state index in [2.05, 4.69) is 61.9 Å². The van der Waals surface area contributed by atoms with Gasteiger partial charge in [-0.15, -0.1) is 0 Å². The molecule has 1 aromatic carbocycles. The fraction of sp³-hybridized carbons (Fsp3) is 0.647. The van der Waals surface area contributed by atoms with Gasteiger partial charge in [0.25, 0.3) is 0 Å². The molecule has 0 aliphatic heterocycles. The topological polar surface area (TPSA) is 30.5 Å². The highest BCUT2D eigenvalue weighted by Crippen LogP contribution is 2.40. The van der Waals surface area contributed by atoms with Crippen LogP contribution >= 0.6 is 15.9 Å². The van der Waals surface area contributed by atoms with Gasteiger partial charge in [-0.1, -0.05) is 13.8 Å². The summed E-state index contributed by atoms with van der Waals surface area (Å²) in [6.07, 6.45) is 1.02. The Labute approximate surface area is 137 Å². The number of nitrogens with one attached hydrogen (secondary N) is 1. The normalized spacial score (nSPS) is 12.4. The van der Waals surface area contributed by atoms with Crippen molar-refractivity contribution >= 4 is 15.9 Å². The van der Waals surface area contributed by atoms with Crippen LogP contribution in [-0.2, 0) is 5.41 Å². The second-order valence-corrected chi connectivity index (χ2v) is 7.85. The van der Waals surface area contributed by atoms with E-state index in [4.69, 9.17) is 9.47 Å². The molecule has 0 radical (unpaired) electrons. The molecule has 1 rings (SSSR count). The van der Waals surface area contributed by atoms with Crippen molar-refractivity contribution in [3.8, 4) is 11.5 Å². The lowest BCUT2D eigenvalue weighted by molar-refractivity contribution is 0.356. The third kappa shape index (κ3) is 5.19. The van der Waals surface area contributed by atoms with Gasteiger partial charge in [-0.05, 0) is 67.2 Å². The molecule has 0 atom stereocenters. The first-order chi connectivity index (χ1) is 9.60. The van der Waals surface area contributed by atoms with E-state index in [-0.39, 0.29) is 11.0 Å². The third-order valence-electron chi connectivity index (χ3n) is 3.61. The number of methoxy groups -OCH3 is 2. The summed E-state index contributed by atoms with van der Waals surface area (Å²) < 4.78 is 11.9. The van der Waals surface area contributed by atoms with Crippen molar-refractivity contribution in [2.45, 2.75) is 52.0 Å². The van der Waals surface area contributed by atoms with E-state index < -0.39 is 0 Å². The quantitative estimate of drug-likeness (QED) is 0.811. The largest absolute Gasteiger partial charge is 0.496 e. The monoisotopic (exact) mass is 357 g/mol. The van der Waals surface area contributed by atoms with E-state index in [1.165, 1.54) is 5.56 Å². The molecule has 0 fully saturated rings. The second-order valence-electron chi connectivity index (χ2n) is 7.00. The van der Waals surface area contributed by atoms with Crippen LogP contribution in [0.2, 0.25) is 0 Å². The number of rotatable bonds is 6. The van der Waals surface area contributed by atoms with Crippen LogP contribution in [0.4, 0.5) is 0 Å². The summed E-state index contributed by atoms with van der Waals surface area (Å²) >= 11 is 3.51.